The first-order valence-corrected chi connectivity index (χ1v) is 9.94. The molecule has 0 spiro atoms. The van der Waals surface area contributed by atoms with Crippen molar-refractivity contribution in [3.05, 3.63) is 65.9 Å². The standard InChI is InChI=1S/C20H22N4O.C2HF3O2/c21-20(15-6-2-1-3-7-15)12-13-24(14-20)19(25)11-10-18-16-8-4-5-9-17(16)22-23-18;3-2(4,5)1(6)7/h1-9H,10-14,21H2,(H,22,23);(H,6,7). The third-order valence-corrected chi connectivity index (χ3v) is 5.37. The Morgan fingerprint density at radius 2 is 1.75 bits per heavy atom. The Hall–Kier alpha value is -3.40. The molecule has 4 N–H and O–H groups in total. The second-order valence-electron chi connectivity index (χ2n) is 7.61. The van der Waals surface area contributed by atoms with Gasteiger partial charge in [0.25, 0.3) is 0 Å². The van der Waals surface area contributed by atoms with Crippen molar-refractivity contribution in [1.82, 2.24) is 15.1 Å². The first-order valence-electron chi connectivity index (χ1n) is 9.94. The minimum absolute atomic E-state index is 0.155. The maximum atomic E-state index is 12.6. The van der Waals surface area contributed by atoms with Crippen LogP contribution in [0.1, 0.15) is 24.1 Å². The Balaban J connectivity index is 0.000000360. The number of fused-ring (bicyclic) bond motifs is 1. The molecule has 3 aromatic rings. The van der Waals surface area contributed by atoms with E-state index in [4.69, 9.17) is 15.6 Å². The molecule has 1 aliphatic heterocycles. The van der Waals surface area contributed by atoms with Gasteiger partial charge in [-0.2, -0.15) is 18.3 Å². The number of hydrogen-bond donors (Lipinski definition) is 3. The molecule has 0 radical (unpaired) electrons. The SMILES string of the molecule is NC1(c2ccccc2)CCN(C(=O)CCc2[nH]nc3ccccc23)C1.O=C(O)C(F)(F)F. The van der Waals surface area contributed by atoms with E-state index in [1.807, 2.05) is 59.5 Å². The number of halogens is 3. The van der Waals surface area contributed by atoms with Gasteiger partial charge in [-0.3, -0.25) is 9.89 Å². The predicted molar refractivity (Wildman–Crippen MR) is 112 cm³/mol. The minimum Gasteiger partial charge on any atom is -0.475 e. The topological polar surface area (TPSA) is 112 Å². The van der Waals surface area contributed by atoms with Crippen molar-refractivity contribution in [3.8, 4) is 0 Å². The van der Waals surface area contributed by atoms with Crippen LogP contribution in [-0.2, 0) is 21.5 Å². The van der Waals surface area contributed by atoms with E-state index in [-0.39, 0.29) is 5.91 Å². The zero-order valence-corrected chi connectivity index (χ0v) is 17.1. The number of alkyl halides is 3. The van der Waals surface area contributed by atoms with Gasteiger partial charge in [0.05, 0.1) is 11.1 Å². The monoisotopic (exact) mass is 448 g/mol. The Bertz CT molecular complexity index is 1080. The van der Waals surface area contributed by atoms with E-state index in [0.29, 0.717) is 25.9 Å². The molecular formula is C22H23F3N4O3. The number of nitrogens with zero attached hydrogens (tertiary/aromatic N) is 2. The molecule has 1 aliphatic rings. The van der Waals surface area contributed by atoms with Gasteiger partial charge < -0.3 is 15.7 Å². The number of carboxylic acids is 1. The molecule has 10 heteroatoms. The number of aliphatic carboxylic acids is 1. The van der Waals surface area contributed by atoms with Gasteiger partial charge in [0, 0.05) is 30.6 Å². The predicted octanol–water partition coefficient (Wildman–Crippen LogP) is 3.22. The normalized spacial score (nSPS) is 18.3. The Morgan fingerprint density at radius 3 is 2.41 bits per heavy atom. The lowest BCUT2D eigenvalue weighted by molar-refractivity contribution is -0.192. The lowest BCUT2D eigenvalue weighted by atomic mass is 9.90. The van der Waals surface area contributed by atoms with Crippen LogP contribution in [0.4, 0.5) is 13.2 Å². The molecule has 7 nitrogen and oxygen atoms in total. The van der Waals surface area contributed by atoms with Gasteiger partial charge in [-0.25, -0.2) is 4.79 Å². The van der Waals surface area contributed by atoms with Crippen molar-refractivity contribution >= 4 is 22.8 Å². The summed E-state index contributed by atoms with van der Waals surface area (Å²) in [5, 5.41) is 15.6. The van der Waals surface area contributed by atoms with E-state index in [2.05, 4.69) is 10.2 Å². The van der Waals surface area contributed by atoms with Crippen molar-refractivity contribution in [2.75, 3.05) is 13.1 Å². The van der Waals surface area contributed by atoms with Crippen molar-refractivity contribution in [2.24, 2.45) is 5.73 Å². The van der Waals surface area contributed by atoms with Crippen LogP contribution in [0.3, 0.4) is 0 Å². The average molecular weight is 448 g/mol. The molecule has 1 fully saturated rings. The smallest absolute Gasteiger partial charge is 0.475 e. The van der Waals surface area contributed by atoms with Crippen LogP contribution in [0.5, 0.6) is 0 Å². The van der Waals surface area contributed by atoms with Crippen LogP contribution in [0.2, 0.25) is 0 Å². The van der Waals surface area contributed by atoms with Gasteiger partial charge in [0.2, 0.25) is 5.91 Å². The molecule has 0 aliphatic carbocycles. The number of likely N-dealkylation sites (tertiary alicyclic amines) is 1. The maximum absolute atomic E-state index is 12.6. The maximum Gasteiger partial charge on any atom is 0.490 e. The second kappa shape index (κ2) is 9.39. The quantitative estimate of drug-likeness (QED) is 0.567. The molecule has 0 saturated carbocycles. The molecule has 2 heterocycles. The summed E-state index contributed by atoms with van der Waals surface area (Å²) in [4.78, 5) is 23.4. The number of para-hydroxylation sites is 1. The zero-order chi connectivity index (χ0) is 23.4. The molecular weight excluding hydrogens is 425 g/mol. The van der Waals surface area contributed by atoms with E-state index < -0.39 is 17.7 Å². The van der Waals surface area contributed by atoms with Gasteiger partial charge in [-0.1, -0.05) is 48.5 Å². The number of aromatic amines is 1. The van der Waals surface area contributed by atoms with Crippen LogP contribution in [0, 0.1) is 0 Å². The average Bonchev–Trinajstić information content (AvgIpc) is 3.37. The largest absolute Gasteiger partial charge is 0.490 e. The number of benzene rings is 2. The number of hydrogen-bond acceptors (Lipinski definition) is 4. The fraction of sp³-hybridized carbons (Fsp3) is 0.318. The molecule has 4 rings (SSSR count). The third kappa shape index (κ3) is 5.44. The third-order valence-electron chi connectivity index (χ3n) is 5.37. The summed E-state index contributed by atoms with van der Waals surface area (Å²) in [5.74, 6) is -2.60. The van der Waals surface area contributed by atoms with Crippen molar-refractivity contribution in [3.63, 3.8) is 0 Å². The van der Waals surface area contributed by atoms with E-state index in [1.165, 1.54) is 0 Å². The van der Waals surface area contributed by atoms with E-state index in [0.717, 1.165) is 28.6 Å². The lowest BCUT2D eigenvalue weighted by Crippen LogP contribution is -2.41. The summed E-state index contributed by atoms with van der Waals surface area (Å²) in [5.41, 5.74) is 9.19. The van der Waals surface area contributed by atoms with Gasteiger partial charge in [0.15, 0.2) is 0 Å². The van der Waals surface area contributed by atoms with Gasteiger partial charge in [-0.05, 0) is 24.5 Å². The van der Waals surface area contributed by atoms with Crippen LogP contribution < -0.4 is 5.73 Å². The first-order chi connectivity index (χ1) is 15.1. The number of amides is 1. The van der Waals surface area contributed by atoms with E-state index >= 15 is 0 Å². The number of aromatic nitrogens is 2. The first kappa shape index (κ1) is 23.3. The van der Waals surface area contributed by atoms with Crippen molar-refractivity contribution < 1.29 is 27.9 Å². The highest BCUT2D eigenvalue weighted by Gasteiger charge is 2.38. The summed E-state index contributed by atoms with van der Waals surface area (Å²) in [6, 6.07) is 18.0. The van der Waals surface area contributed by atoms with Crippen molar-refractivity contribution in [2.45, 2.75) is 31.0 Å². The summed E-state index contributed by atoms with van der Waals surface area (Å²) in [6.45, 7) is 1.30. The summed E-state index contributed by atoms with van der Waals surface area (Å²) < 4.78 is 31.7. The molecule has 1 amide bonds. The number of nitrogens with two attached hydrogens (primary N) is 1. The van der Waals surface area contributed by atoms with Gasteiger partial charge in [-0.15, -0.1) is 0 Å². The number of nitrogens with one attached hydrogen (secondary N) is 1. The molecule has 2 aromatic carbocycles. The van der Waals surface area contributed by atoms with Crippen LogP contribution >= 0.6 is 0 Å². The highest BCUT2D eigenvalue weighted by atomic mass is 19.4. The van der Waals surface area contributed by atoms with Crippen LogP contribution in [0.25, 0.3) is 10.9 Å². The molecule has 1 atom stereocenters. The fourth-order valence-electron chi connectivity index (χ4n) is 3.65. The van der Waals surface area contributed by atoms with Crippen LogP contribution in [0.15, 0.2) is 54.6 Å². The highest BCUT2D eigenvalue weighted by molar-refractivity contribution is 5.82. The molecule has 1 unspecified atom stereocenters. The minimum atomic E-state index is -5.08. The second-order valence-corrected chi connectivity index (χ2v) is 7.61. The Labute approximate surface area is 182 Å². The summed E-state index contributed by atoms with van der Waals surface area (Å²) >= 11 is 0. The number of carbonyl (C=O) groups is 2. The van der Waals surface area contributed by atoms with Gasteiger partial charge >= 0.3 is 12.1 Å². The van der Waals surface area contributed by atoms with Crippen molar-refractivity contribution in [1.29, 1.82) is 0 Å². The number of carboxylic acid groups (broad SMARTS) is 1. The lowest BCUT2D eigenvalue weighted by Gasteiger charge is -2.25. The fourth-order valence-corrected chi connectivity index (χ4v) is 3.65. The zero-order valence-electron chi connectivity index (χ0n) is 17.1. The molecule has 170 valence electrons. The molecule has 1 aromatic heterocycles. The number of H-pyrrole nitrogens is 1. The van der Waals surface area contributed by atoms with E-state index in [9.17, 15) is 18.0 Å². The number of carbonyl (C=O) groups excluding carboxylic acids is 1. The van der Waals surface area contributed by atoms with Crippen LogP contribution in [-0.4, -0.2) is 51.3 Å². The molecule has 1 saturated heterocycles. The summed E-state index contributed by atoms with van der Waals surface area (Å²) in [7, 11) is 0. The Kier molecular flexibility index (Phi) is 6.83. The Morgan fingerprint density at radius 1 is 1.12 bits per heavy atom. The number of rotatable bonds is 4. The van der Waals surface area contributed by atoms with Gasteiger partial charge in [0.1, 0.15) is 0 Å². The molecule has 0 bridgehead atoms. The molecule has 32 heavy (non-hydrogen) atoms. The number of aryl methyl sites for hydroxylation is 1. The summed E-state index contributed by atoms with van der Waals surface area (Å²) in [6.07, 6.45) is -3.15. The highest BCUT2D eigenvalue weighted by Crippen LogP contribution is 2.30. The van der Waals surface area contributed by atoms with E-state index in [1.54, 1.807) is 0 Å².